The number of hydrogen-bond donors (Lipinski definition) is 1. The van der Waals surface area contributed by atoms with Gasteiger partial charge in [-0.1, -0.05) is 12.1 Å². The van der Waals surface area contributed by atoms with Crippen molar-refractivity contribution in [3.8, 4) is 0 Å². The summed E-state index contributed by atoms with van der Waals surface area (Å²) in [6.45, 7) is 3.27. The number of carbonyl (C=O) groups excluding carboxylic acids is 1. The minimum absolute atomic E-state index is 0. The van der Waals surface area contributed by atoms with E-state index < -0.39 is 10.0 Å². The molecule has 0 saturated carbocycles. The van der Waals surface area contributed by atoms with E-state index in [0.717, 1.165) is 32.5 Å². The predicted octanol–water partition coefficient (Wildman–Crippen LogP) is 1.73. The molecule has 3 rings (SSSR count). The maximum atomic E-state index is 12.4. The number of rotatable bonds is 6. The number of fused-ring (bicyclic) bond motifs is 1. The molecule has 0 aliphatic carbocycles. The average molecular weight is 429 g/mol. The highest BCUT2D eigenvalue weighted by molar-refractivity contribution is 7.90. The lowest BCUT2D eigenvalue weighted by Gasteiger charge is -2.32. The predicted molar refractivity (Wildman–Crippen MR) is 113 cm³/mol. The second-order valence-corrected chi connectivity index (χ2v) is 8.87. The van der Waals surface area contributed by atoms with E-state index in [2.05, 4.69) is 9.71 Å². The Labute approximate surface area is 173 Å². The first-order valence-electron chi connectivity index (χ1n) is 9.50. The molecule has 1 fully saturated rings. The molecule has 2 aliphatic heterocycles. The number of amides is 1. The Hall–Kier alpha value is -1.64. The van der Waals surface area contributed by atoms with Crippen LogP contribution in [0.25, 0.3) is 0 Å². The Morgan fingerprint density at radius 1 is 1.29 bits per heavy atom. The van der Waals surface area contributed by atoms with Gasteiger partial charge in [0.1, 0.15) is 10.7 Å². The minimum Gasteiger partial charge on any atom is -0.358 e. The van der Waals surface area contributed by atoms with Gasteiger partial charge in [-0.3, -0.25) is 4.79 Å². The zero-order valence-electron chi connectivity index (χ0n) is 16.4. The van der Waals surface area contributed by atoms with E-state index in [4.69, 9.17) is 0 Å². The summed E-state index contributed by atoms with van der Waals surface area (Å²) in [5.41, 5.74) is 0.637. The van der Waals surface area contributed by atoms with Crippen LogP contribution in [0.4, 0.5) is 0 Å². The van der Waals surface area contributed by atoms with Crippen molar-refractivity contribution >= 4 is 34.2 Å². The molecule has 0 radical (unpaired) electrons. The quantitative estimate of drug-likeness (QED) is 0.746. The summed E-state index contributed by atoms with van der Waals surface area (Å²) >= 11 is 0. The first-order valence-corrected chi connectivity index (χ1v) is 10.9. The van der Waals surface area contributed by atoms with Crippen molar-refractivity contribution in [3.05, 3.63) is 29.8 Å². The van der Waals surface area contributed by atoms with E-state index in [9.17, 15) is 13.2 Å². The third-order valence-electron chi connectivity index (χ3n) is 5.32. The van der Waals surface area contributed by atoms with Crippen molar-refractivity contribution in [2.75, 3.05) is 40.3 Å². The zero-order chi connectivity index (χ0) is 19.4. The molecule has 0 unspecified atom stereocenters. The molecule has 0 bridgehead atoms. The SMILES string of the molecule is CNCC1CCN(C(=O)CCCN(C)C2=NS(=O)(=O)c3ccccc32)CC1.Cl. The lowest BCUT2D eigenvalue weighted by atomic mass is 9.96. The Balaban J connectivity index is 0.00000280. The number of carbonyl (C=O) groups is 1. The van der Waals surface area contributed by atoms with Crippen molar-refractivity contribution in [1.82, 2.24) is 15.1 Å². The topological polar surface area (TPSA) is 82.1 Å². The fraction of sp³-hybridized carbons (Fsp3) is 0.579. The van der Waals surface area contributed by atoms with Crippen molar-refractivity contribution in [2.24, 2.45) is 10.3 Å². The third-order valence-corrected chi connectivity index (χ3v) is 6.64. The van der Waals surface area contributed by atoms with E-state index in [1.807, 2.05) is 30.0 Å². The van der Waals surface area contributed by atoms with Gasteiger partial charge in [-0.15, -0.1) is 16.8 Å². The number of sulfonamides is 1. The number of nitrogens with one attached hydrogen (secondary N) is 1. The molecule has 1 aromatic rings. The van der Waals surface area contributed by atoms with Gasteiger partial charge in [0.2, 0.25) is 5.91 Å². The summed E-state index contributed by atoms with van der Waals surface area (Å²) in [4.78, 5) is 16.5. The Bertz CT molecular complexity index is 820. The van der Waals surface area contributed by atoms with Gasteiger partial charge < -0.3 is 15.1 Å². The van der Waals surface area contributed by atoms with Crippen LogP contribution in [0.1, 0.15) is 31.2 Å². The van der Waals surface area contributed by atoms with E-state index in [1.165, 1.54) is 0 Å². The highest BCUT2D eigenvalue weighted by Crippen LogP contribution is 2.27. The number of nitrogens with zero attached hydrogens (tertiary/aromatic N) is 3. The second-order valence-electron chi connectivity index (χ2n) is 7.29. The molecule has 1 saturated heterocycles. The van der Waals surface area contributed by atoms with Crippen molar-refractivity contribution < 1.29 is 13.2 Å². The van der Waals surface area contributed by atoms with Gasteiger partial charge in [-0.25, -0.2) is 0 Å². The van der Waals surface area contributed by atoms with Crippen LogP contribution in [-0.4, -0.2) is 70.2 Å². The van der Waals surface area contributed by atoms with Crippen LogP contribution >= 0.6 is 12.4 Å². The zero-order valence-corrected chi connectivity index (χ0v) is 18.1. The van der Waals surface area contributed by atoms with Crippen LogP contribution in [0.15, 0.2) is 33.6 Å². The van der Waals surface area contributed by atoms with Crippen LogP contribution in [0.2, 0.25) is 0 Å². The number of likely N-dealkylation sites (tertiary alicyclic amines) is 1. The van der Waals surface area contributed by atoms with E-state index in [1.54, 1.807) is 18.2 Å². The highest BCUT2D eigenvalue weighted by atomic mass is 35.5. The summed E-state index contributed by atoms with van der Waals surface area (Å²) in [5.74, 6) is 1.31. The fourth-order valence-corrected chi connectivity index (χ4v) is 5.02. The number of halogens is 1. The molecule has 28 heavy (non-hydrogen) atoms. The van der Waals surface area contributed by atoms with Crippen molar-refractivity contribution in [1.29, 1.82) is 0 Å². The number of hydrogen-bond acceptors (Lipinski definition) is 5. The van der Waals surface area contributed by atoms with Gasteiger partial charge in [0, 0.05) is 38.7 Å². The van der Waals surface area contributed by atoms with Crippen LogP contribution in [-0.2, 0) is 14.8 Å². The number of amidine groups is 1. The molecule has 1 aromatic carbocycles. The van der Waals surface area contributed by atoms with Crippen LogP contribution in [0.5, 0.6) is 0 Å². The molecule has 2 heterocycles. The monoisotopic (exact) mass is 428 g/mol. The Morgan fingerprint density at radius 2 is 1.96 bits per heavy atom. The molecule has 0 aromatic heterocycles. The summed E-state index contributed by atoms with van der Waals surface area (Å²) < 4.78 is 28.2. The maximum Gasteiger partial charge on any atom is 0.285 e. The van der Waals surface area contributed by atoms with Gasteiger partial charge in [0.05, 0.1) is 0 Å². The lowest BCUT2D eigenvalue weighted by Crippen LogP contribution is -2.40. The fourth-order valence-electron chi connectivity index (χ4n) is 3.77. The maximum absolute atomic E-state index is 12.4. The van der Waals surface area contributed by atoms with Gasteiger partial charge in [-0.05, 0) is 50.9 Å². The standard InChI is InChI=1S/C19H28N4O3S.ClH/c1-20-14-15-9-12-23(13-10-15)18(24)8-5-11-22(2)19-16-6-3-4-7-17(16)27(25,26)21-19;/h3-4,6-7,15,20H,5,8-14H2,1-2H3;1H. The van der Waals surface area contributed by atoms with Crippen molar-refractivity contribution in [2.45, 2.75) is 30.6 Å². The molecule has 156 valence electrons. The summed E-state index contributed by atoms with van der Waals surface area (Å²) in [6, 6.07) is 6.86. The van der Waals surface area contributed by atoms with Gasteiger partial charge in [0.25, 0.3) is 10.0 Å². The third kappa shape index (κ3) is 5.04. The first kappa shape index (κ1) is 22.6. The Kier molecular flexibility index (Phi) is 7.86. The molecule has 1 amide bonds. The number of piperidine rings is 1. The normalized spacial score (nSPS) is 18.2. The van der Waals surface area contributed by atoms with Crippen LogP contribution in [0.3, 0.4) is 0 Å². The molecular weight excluding hydrogens is 400 g/mol. The molecule has 0 spiro atoms. The molecule has 7 nitrogen and oxygen atoms in total. The molecule has 1 N–H and O–H groups in total. The van der Waals surface area contributed by atoms with E-state index in [0.29, 0.717) is 36.7 Å². The lowest BCUT2D eigenvalue weighted by molar-refractivity contribution is -0.132. The number of benzene rings is 1. The van der Waals surface area contributed by atoms with E-state index >= 15 is 0 Å². The van der Waals surface area contributed by atoms with E-state index in [-0.39, 0.29) is 23.2 Å². The molecule has 2 aliphatic rings. The molecule has 9 heteroatoms. The summed E-state index contributed by atoms with van der Waals surface area (Å²) in [5, 5.41) is 3.20. The first-order chi connectivity index (χ1) is 12.9. The highest BCUT2D eigenvalue weighted by Gasteiger charge is 2.30. The second kappa shape index (κ2) is 9.71. The minimum atomic E-state index is -3.60. The molecule has 0 atom stereocenters. The summed E-state index contributed by atoms with van der Waals surface area (Å²) in [6.07, 6.45) is 3.26. The van der Waals surface area contributed by atoms with Gasteiger partial charge >= 0.3 is 0 Å². The largest absolute Gasteiger partial charge is 0.358 e. The molecular formula is C19H29ClN4O3S. The summed E-state index contributed by atoms with van der Waals surface area (Å²) in [7, 11) is 0.186. The van der Waals surface area contributed by atoms with Crippen LogP contribution in [0, 0.1) is 5.92 Å². The van der Waals surface area contributed by atoms with Crippen molar-refractivity contribution in [3.63, 3.8) is 0 Å². The van der Waals surface area contributed by atoms with Crippen LogP contribution < -0.4 is 5.32 Å². The van der Waals surface area contributed by atoms with Gasteiger partial charge in [-0.2, -0.15) is 8.42 Å². The average Bonchev–Trinajstić information content (AvgIpc) is 2.94. The Morgan fingerprint density at radius 3 is 2.64 bits per heavy atom. The van der Waals surface area contributed by atoms with Gasteiger partial charge in [0.15, 0.2) is 0 Å². The smallest absolute Gasteiger partial charge is 0.285 e.